The third-order valence-corrected chi connectivity index (χ3v) is 2.44. The summed E-state index contributed by atoms with van der Waals surface area (Å²) in [6.07, 6.45) is 1.45. The standard InChI is InChI=1S/C9H15N3O/c1-2-8(11)9(13)12-4-3-7(5-10)6-12/h7-8H,2-4,6,11H2,1H3. The maximum atomic E-state index is 11.5. The van der Waals surface area contributed by atoms with E-state index in [-0.39, 0.29) is 11.8 Å². The molecule has 1 saturated heterocycles. The van der Waals surface area contributed by atoms with Crippen molar-refractivity contribution in [2.24, 2.45) is 11.7 Å². The maximum Gasteiger partial charge on any atom is 0.239 e. The van der Waals surface area contributed by atoms with Crippen LogP contribution in [0.4, 0.5) is 0 Å². The van der Waals surface area contributed by atoms with Crippen LogP contribution >= 0.6 is 0 Å². The van der Waals surface area contributed by atoms with Crippen molar-refractivity contribution in [3.05, 3.63) is 0 Å². The second-order valence-electron chi connectivity index (χ2n) is 3.41. The third-order valence-electron chi connectivity index (χ3n) is 2.44. The van der Waals surface area contributed by atoms with Gasteiger partial charge in [-0.2, -0.15) is 5.26 Å². The van der Waals surface area contributed by atoms with E-state index in [0.717, 1.165) is 6.42 Å². The number of nitriles is 1. The minimum Gasteiger partial charge on any atom is -0.340 e. The molecule has 0 aromatic heterocycles. The summed E-state index contributed by atoms with van der Waals surface area (Å²) in [6, 6.07) is 1.78. The van der Waals surface area contributed by atoms with E-state index >= 15 is 0 Å². The van der Waals surface area contributed by atoms with Crippen molar-refractivity contribution in [2.75, 3.05) is 13.1 Å². The molecule has 2 atom stereocenters. The molecule has 2 N–H and O–H groups in total. The summed E-state index contributed by atoms with van der Waals surface area (Å²) in [6.45, 7) is 3.13. The van der Waals surface area contributed by atoms with Crippen LogP contribution in [0.3, 0.4) is 0 Å². The summed E-state index contributed by atoms with van der Waals surface area (Å²) in [7, 11) is 0. The number of carbonyl (C=O) groups excluding carboxylic acids is 1. The highest BCUT2D eigenvalue weighted by Gasteiger charge is 2.28. The summed E-state index contributed by atoms with van der Waals surface area (Å²) in [5.74, 6) is -0.00624. The minimum atomic E-state index is -0.391. The van der Waals surface area contributed by atoms with E-state index in [1.165, 1.54) is 0 Å². The van der Waals surface area contributed by atoms with Gasteiger partial charge in [-0.05, 0) is 12.8 Å². The Hall–Kier alpha value is -1.08. The van der Waals surface area contributed by atoms with Crippen molar-refractivity contribution in [3.63, 3.8) is 0 Å². The molecule has 0 spiro atoms. The van der Waals surface area contributed by atoms with E-state index in [0.29, 0.717) is 19.5 Å². The van der Waals surface area contributed by atoms with Crippen LogP contribution in [0.25, 0.3) is 0 Å². The van der Waals surface area contributed by atoms with Crippen LogP contribution in [0.1, 0.15) is 19.8 Å². The van der Waals surface area contributed by atoms with Gasteiger partial charge in [0.2, 0.25) is 5.91 Å². The number of carbonyl (C=O) groups is 1. The molecule has 0 bridgehead atoms. The molecule has 0 aromatic carbocycles. The molecule has 0 aliphatic carbocycles. The molecule has 1 rings (SSSR count). The lowest BCUT2D eigenvalue weighted by Gasteiger charge is -2.18. The number of hydrogen-bond acceptors (Lipinski definition) is 3. The average Bonchev–Trinajstić information content (AvgIpc) is 2.63. The first-order valence-corrected chi connectivity index (χ1v) is 4.63. The van der Waals surface area contributed by atoms with Gasteiger partial charge in [0.1, 0.15) is 0 Å². The van der Waals surface area contributed by atoms with Crippen molar-refractivity contribution < 1.29 is 4.79 Å². The quantitative estimate of drug-likeness (QED) is 0.656. The molecule has 1 aliphatic rings. The van der Waals surface area contributed by atoms with Crippen LogP contribution in [0.2, 0.25) is 0 Å². The smallest absolute Gasteiger partial charge is 0.239 e. The molecule has 72 valence electrons. The minimum absolute atomic E-state index is 0.00741. The van der Waals surface area contributed by atoms with Crippen LogP contribution in [0.15, 0.2) is 0 Å². The predicted molar refractivity (Wildman–Crippen MR) is 48.6 cm³/mol. The Balaban J connectivity index is 2.47. The first kappa shape index (κ1) is 10.0. The molecule has 4 nitrogen and oxygen atoms in total. The van der Waals surface area contributed by atoms with Gasteiger partial charge < -0.3 is 10.6 Å². The van der Waals surface area contributed by atoms with Crippen LogP contribution in [-0.2, 0) is 4.79 Å². The Kier molecular flexibility index (Phi) is 3.26. The molecule has 2 unspecified atom stereocenters. The first-order valence-electron chi connectivity index (χ1n) is 4.63. The highest BCUT2D eigenvalue weighted by atomic mass is 16.2. The van der Waals surface area contributed by atoms with Gasteiger partial charge in [0.15, 0.2) is 0 Å². The lowest BCUT2D eigenvalue weighted by Crippen LogP contribution is -2.42. The summed E-state index contributed by atoms with van der Waals surface area (Å²) < 4.78 is 0. The molecule has 13 heavy (non-hydrogen) atoms. The highest BCUT2D eigenvalue weighted by molar-refractivity contribution is 5.81. The Labute approximate surface area is 78.3 Å². The zero-order valence-corrected chi connectivity index (χ0v) is 7.86. The lowest BCUT2D eigenvalue weighted by molar-refractivity contribution is -0.131. The fourth-order valence-corrected chi connectivity index (χ4v) is 1.47. The van der Waals surface area contributed by atoms with E-state index in [4.69, 9.17) is 11.0 Å². The first-order chi connectivity index (χ1) is 6.19. The maximum absolute atomic E-state index is 11.5. The van der Waals surface area contributed by atoms with E-state index in [2.05, 4.69) is 6.07 Å². The van der Waals surface area contributed by atoms with Gasteiger partial charge in [0, 0.05) is 13.1 Å². The average molecular weight is 181 g/mol. The molecule has 0 saturated carbocycles. The zero-order chi connectivity index (χ0) is 9.84. The van der Waals surface area contributed by atoms with Crippen LogP contribution in [0.5, 0.6) is 0 Å². The van der Waals surface area contributed by atoms with E-state index in [1.807, 2.05) is 6.92 Å². The van der Waals surface area contributed by atoms with Gasteiger partial charge in [-0.1, -0.05) is 6.92 Å². The van der Waals surface area contributed by atoms with Gasteiger partial charge in [-0.3, -0.25) is 4.79 Å². The fraction of sp³-hybridized carbons (Fsp3) is 0.778. The molecule has 1 aliphatic heterocycles. The second kappa shape index (κ2) is 4.24. The van der Waals surface area contributed by atoms with Crippen molar-refractivity contribution in [2.45, 2.75) is 25.8 Å². The van der Waals surface area contributed by atoms with E-state index in [9.17, 15) is 4.79 Å². The molecule has 1 heterocycles. The Morgan fingerprint density at radius 2 is 2.54 bits per heavy atom. The van der Waals surface area contributed by atoms with Gasteiger partial charge in [-0.15, -0.1) is 0 Å². The normalized spacial score (nSPS) is 24.1. The highest BCUT2D eigenvalue weighted by Crippen LogP contribution is 2.15. The summed E-state index contributed by atoms with van der Waals surface area (Å²) in [5, 5.41) is 8.64. The van der Waals surface area contributed by atoms with Crippen molar-refractivity contribution in [1.82, 2.24) is 4.90 Å². The Morgan fingerprint density at radius 3 is 3.00 bits per heavy atom. The molecule has 0 aromatic rings. The summed E-state index contributed by atoms with van der Waals surface area (Å²) in [4.78, 5) is 13.2. The Morgan fingerprint density at radius 1 is 1.85 bits per heavy atom. The van der Waals surface area contributed by atoms with Gasteiger partial charge >= 0.3 is 0 Å². The number of likely N-dealkylation sites (tertiary alicyclic amines) is 1. The van der Waals surface area contributed by atoms with Gasteiger partial charge in [0.25, 0.3) is 0 Å². The SMILES string of the molecule is CCC(N)C(=O)N1CCC(C#N)C1. The third kappa shape index (κ3) is 2.19. The zero-order valence-electron chi connectivity index (χ0n) is 7.86. The van der Waals surface area contributed by atoms with Crippen molar-refractivity contribution in [1.29, 1.82) is 5.26 Å². The Bertz CT molecular complexity index is 234. The summed E-state index contributed by atoms with van der Waals surface area (Å²) in [5.41, 5.74) is 5.61. The molecule has 1 amide bonds. The van der Waals surface area contributed by atoms with Crippen LogP contribution < -0.4 is 5.73 Å². The van der Waals surface area contributed by atoms with Gasteiger partial charge in [-0.25, -0.2) is 0 Å². The topological polar surface area (TPSA) is 70.1 Å². The van der Waals surface area contributed by atoms with Crippen molar-refractivity contribution in [3.8, 4) is 6.07 Å². The fourth-order valence-electron chi connectivity index (χ4n) is 1.47. The number of nitrogens with zero attached hydrogens (tertiary/aromatic N) is 2. The number of hydrogen-bond donors (Lipinski definition) is 1. The number of amides is 1. The molecular weight excluding hydrogens is 166 g/mol. The predicted octanol–water partition coefficient (Wildman–Crippen LogP) is 0.0958. The largest absolute Gasteiger partial charge is 0.340 e. The van der Waals surface area contributed by atoms with Crippen LogP contribution in [0, 0.1) is 17.2 Å². The number of nitrogens with two attached hydrogens (primary N) is 1. The second-order valence-corrected chi connectivity index (χ2v) is 3.41. The lowest BCUT2D eigenvalue weighted by atomic mass is 10.1. The molecule has 1 fully saturated rings. The monoisotopic (exact) mass is 181 g/mol. The van der Waals surface area contributed by atoms with Crippen LogP contribution in [-0.4, -0.2) is 29.9 Å². The van der Waals surface area contributed by atoms with Gasteiger partial charge in [0.05, 0.1) is 18.0 Å². The van der Waals surface area contributed by atoms with E-state index in [1.54, 1.807) is 4.90 Å². The molecule has 4 heteroatoms. The van der Waals surface area contributed by atoms with Crippen molar-refractivity contribution >= 4 is 5.91 Å². The number of rotatable bonds is 2. The van der Waals surface area contributed by atoms with E-state index < -0.39 is 6.04 Å². The summed E-state index contributed by atoms with van der Waals surface area (Å²) >= 11 is 0. The molecule has 0 radical (unpaired) electrons. The molecular formula is C9H15N3O.